The van der Waals surface area contributed by atoms with Crippen molar-refractivity contribution in [3.8, 4) is 0 Å². The van der Waals surface area contributed by atoms with Crippen LogP contribution >= 0.6 is 0 Å². The van der Waals surface area contributed by atoms with E-state index in [9.17, 15) is 19.8 Å². The Bertz CT molecular complexity index is 397. The molecule has 0 amide bonds. The predicted octanol–water partition coefficient (Wildman–Crippen LogP) is 1.18. The molecule has 32 heavy (non-hydrogen) atoms. The molecule has 0 aliphatic rings. The first kappa shape index (κ1) is 37.1. The van der Waals surface area contributed by atoms with E-state index in [0.717, 1.165) is 6.54 Å². The second-order valence-corrected chi connectivity index (χ2v) is 10.1. The molecule has 0 aliphatic carbocycles. The third kappa shape index (κ3) is 40.9. The van der Waals surface area contributed by atoms with Gasteiger partial charge in [-0.25, -0.2) is 0 Å². The molecule has 0 unspecified atom stereocenters. The van der Waals surface area contributed by atoms with E-state index in [1.54, 1.807) is 0 Å². The third-order valence-corrected chi connectivity index (χ3v) is 5.44. The number of aliphatic carboxylic acids is 2. The van der Waals surface area contributed by atoms with Gasteiger partial charge in [0.1, 0.15) is 0 Å². The molecule has 0 aliphatic heterocycles. The molecular weight excluding hydrogens is 429 g/mol. The number of hydrogen-bond acceptors (Lipinski definition) is 4. The van der Waals surface area contributed by atoms with Crippen molar-refractivity contribution in [2.24, 2.45) is 5.41 Å². The van der Waals surface area contributed by atoms with Crippen LogP contribution in [-0.2, 0) is 9.59 Å². The summed E-state index contributed by atoms with van der Waals surface area (Å²) >= 11 is 0. The van der Waals surface area contributed by atoms with Gasteiger partial charge in [0.2, 0.25) is 0 Å². The maximum atomic E-state index is 9.66. The Morgan fingerprint density at radius 2 is 0.844 bits per heavy atom. The number of unbranched alkanes of at least 4 members (excludes halogenated alkanes) is 14. The number of rotatable bonds is 20. The minimum Gasteiger partial charge on any atom is -0.550 e. The van der Waals surface area contributed by atoms with Crippen LogP contribution in [0.15, 0.2) is 0 Å². The van der Waals surface area contributed by atoms with Crippen molar-refractivity contribution in [2.75, 3.05) is 6.54 Å². The summed E-state index contributed by atoms with van der Waals surface area (Å²) in [5.41, 5.74) is 4.43. The molecule has 0 rings (SSSR count). The molecule has 0 atom stereocenters. The van der Waals surface area contributed by atoms with E-state index >= 15 is 0 Å². The average Bonchev–Trinajstić information content (AvgIpc) is 2.67. The van der Waals surface area contributed by atoms with Gasteiger partial charge >= 0.3 is 51.4 Å². The second kappa shape index (κ2) is 27.8. The predicted molar refractivity (Wildman–Crippen MR) is 125 cm³/mol. The van der Waals surface area contributed by atoms with E-state index in [-0.39, 0.29) is 70.6 Å². The van der Waals surface area contributed by atoms with Crippen molar-refractivity contribution >= 4 is 11.9 Å². The molecule has 0 spiro atoms. The van der Waals surface area contributed by atoms with Crippen LogP contribution in [0.3, 0.4) is 0 Å². The Kier molecular flexibility index (Phi) is 32.2. The topological polar surface area (TPSA) is 108 Å². The average molecular weight is 482 g/mol. The zero-order valence-electron chi connectivity index (χ0n) is 22.0. The third-order valence-electron chi connectivity index (χ3n) is 5.44. The molecule has 0 saturated carbocycles. The summed E-state index contributed by atoms with van der Waals surface area (Å²) < 4.78 is 0. The monoisotopic (exact) mass is 481 g/mol. The molecule has 0 bridgehead atoms. The minimum atomic E-state index is -1.23. The molecule has 0 aromatic heterocycles. The SMILES string of the molecule is CC(C)(C)CCCCCCCCCCCCCCCCC[NH3+].O=C([O-])CCCC(=O)[O-].[K+]. The standard InChI is InChI=1S/C21H45N.C5H8O4.K/c1-21(2,3)19-17-15-13-11-9-7-5-4-6-8-10-12-14-16-18-20-22;6-4(7)2-1-3-5(8)9;/h4-20,22H2,1-3H3;1-3H2,(H,6,7)(H,8,9);/q;;+1/p-1. The first-order valence-corrected chi connectivity index (χ1v) is 12.9. The van der Waals surface area contributed by atoms with Gasteiger partial charge in [-0.05, 0) is 43.9 Å². The maximum Gasteiger partial charge on any atom is 1.00 e. The van der Waals surface area contributed by atoms with Gasteiger partial charge in [-0.3, -0.25) is 0 Å². The summed E-state index contributed by atoms with van der Waals surface area (Å²) in [5, 5.41) is 19.3. The molecule has 0 saturated heterocycles. The molecule has 186 valence electrons. The minimum absolute atomic E-state index is 0. The Balaban J connectivity index is -0.000000710. The molecular formula is C26H52KNO4. The van der Waals surface area contributed by atoms with Crippen LogP contribution < -0.4 is 67.3 Å². The van der Waals surface area contributed by atoms with E-state index in [2.05, 4.69) is 26.5 Å². The van der Waals surface area contributed by atoms with E-state index in [1.807, 2.05) is 0 Å². The summed E-state index contributed by atoms with van der Waals surface area (Å²) in [6, 6.07) is 0. The van der Waals surface area contributed by atoms with Crippen molar-refractivity contribution in [1.29, 1.82) is 0 Å². The number of quaternary nitrogens is 1. The second-order valence-electron chi connectivity index (χ2n) is 10.1. The van der Waals surface area contributed by atoms with Crippen molar-refractivity contribution in [1.82, 2.24) is 0 Å². The first-order valence-electron chi connectivity index (χ1n) is 12.9. The van der Waals surface area contributed by atoms with Gasteiger partial charge in [-0.2, -0.15) is 0 Å². The molecule has 0 fully saturated rings. The van der Waals surface area contributed by atoms with Gasteiger partial charge in [-0.15, -0.1) is 0 Å². The van der Waals surface area contributed by atoms with Crippen molar-refractivity contribution in [2.45, 2.75) is 143 Å². The molecule has 0 aromatic rings. The Hall–Kier alpha value is 0.536. The molecule has 0 heterocycles. The molecule has 0 radical (unpaired) electrons. The Morgan fingerprint density at radius 3 is 1.09 bits per heavy atom. The summed E-state index contributed by atoms with van der Waals surface area (Å²) in [6.45, 7) is 8.19. The zero-order valence-corrected chi connectivity index (χ0v) is 25.1. The van der Waals surface area contributed by atoms with Crippen LogP contribution in [-0.4, -0.2) is 18.5 Å². The maximum absolute atomic E-state index is 9.66. The van der Waals surface area contributed by atoms with Crippen molar-refractivity contribution in [3.63, 3.8) is 0 Å². The number of carbonyl (C=O) groups is 2. The number of carbonyl (C=O) groups excluding carboxylic acids is 2. The molecule has 0 aromatic carbocycles. The molecule has 3 N–H and O–H groups in total. The number of carboxylic acids is 2. The smallest absolute Gasteiger partial charge is 0.550 e. The summed E-state index contributed by atoms with van der Waals surface area (Å²) in [6.07, 6.45) is 22.8. The fourth-order valence-electron chi connectivity index (χ4n) is 3.51. The molecule has 6 heteroatoms. The summed E-state index contributed by atoms with van der Waals surface area (Å²) in [5.74, 6) is -2.45. The normalized spacial score (nSPS) is 10.8. The van der Waals surface area contributed by atoms with Crippen LogP contribution in [0.5, 0.6) is 0 Å². The zero-order chi connectivity index (χ0) is 23.8. The van der Waals surface area contributed by atoms with Gasteiger partial charge in [-0.1, -0.05) is 104 Å². The fourth-order valence-corrected chi connectivity index (χ4v) is 3.51. The van der Waals surface area contributed by atoms with Crippen LogP contribution in [0, 0.1) is 5.41 Å². The fraction of sp³-hybridized carbons (Fsp3) is 0.923. The Morgan fingerprint density at radius 1 is 0.562 bits per heavy atom. The van der Waals surface area contributed by atoms with Gasteiger partial charge in [0, 0.05) is 11.9 Å². The van der Waals surface area contributed by atoms with E-state index < -0.39 is 11.9 Å². The molecule has 5 nitrogen and oxygen atoms in total. The van der Waals surface area contributed by atoms with Gasteiger partial charge in [0.05, 0.1) is 6.54 Å². The number of hydrogen-bond donors (Lipinski definition) is 1. The van der Waals surface area contributed by atoms with Crippen molar-refractivity contribution in [3.05, 3.63) is 0 Å². The Labute approximate surface area is 241 Å². The van der Waals surface area contributed by atoms with E-state index in [1.165, 1.54) is 103 Å². The quantitative estimate of drug-likeness (QED) is 0.208. The van der Waals surface area contributed by atoms with E-state index in [4.69, 9.17) is 0 Å². The summed E-state index contributed by atoms with van der Waals surface area (Å²) in [7, 11) is 0. The van der Waals surface area contributed by atoms with E-state index in [0.29, 0.717) is 5.41 Å². The largest absolute Gasteiger partial charge is 1.00 e. The van der Waals surface area contributed by atoms with Gasteiger partial charge in [0.25, 0.3) is 0 Å². The van der Waals surface area contributed by atoms with Gasteiger partial charge in [0.15, 0.2) is 0 Å². The van der Waals surface area contributed by atoms with Crippen LogP contribution in [0.1, 0.15) is 143 Å². The first-order chi connectivity index (χ1) is 14.7. The van der Waals surface area contributed by atoms with Gasteiger partial charge < -0.3 is 25.5 Å². The van der Waals surface area contributed by atoms with Crippen LogP contribution in [0.25, 0.3) is 0 Å². The van der Waals surface area contributed by atoms with Crippen LogP contribution in [0.2, 0.25) is 0 Å². The van der Waals surface area contributed by atoms with Crippen LogP contribution in [0.4, 0.5) is 0 Å². The number of carboxylic acid groups (broad SMARTS) is 2. The van der Waals surface area contributed by atoms with Crippen molar-refractivity contribution < 1.29 is 76.9 Å². The summed E-state index contributed by atoms with van der Waals surface area (Å²) in [4.78, 5) is 19.3.